The molecule has 0 aliphatic heterocycles. The van der Waals surface area contributed by atoms with Crippen LogP contribution in [0.25, 0.3) is 11.5 Å². The van der Waals surface area contributed by atoms with Crippen molar-refractivity contribution < 1.29 is 9.90 Å². The first-order valence-electron chi connectivity index (χ1n) is 3.95. The number of nitrogens with one attached hydrogen (secondary N) is 1. The molecule has 0 radical (unpaired) electrons. The van der Waals surface area contributed by atoms with Gasteiger partial charge in [-0.15, -0.1) is 0 Å². The molecule has 2 heterocycles. The van der Waals surface area contributed by atoms with Gasteiger partial charge in [-0.05, 0) is 12.1 Å². The first-order chi connectivity index (χ1) is 6.79. The van der Waals surface area contributed by atoms with E-state index in [2.05, 4.69) is 15.0 Å². The van der Waals surface area contributed by atoms with Crippen molar-refractivity contribution in [1.29, 1.82) is 0 Å². The maximum absolute atomic E-state index is 10.4. The van der Waals surface area contributed by atoms with E-state index >= 15 is 0 Å². The van der Waals surface area contributed by atoms with Gasteiger partial charge in [-0.25, -0.2) is 4.98 Å². The zero-order valence-electron chi connectivity index (χ0n) is 7.14. The van der Waals surface area contributed by atoms with E-state index in [1.807, 2.05) is 0 Å². The van der Waals surface area contributed by atoms with E-state index in [-0.39, 0.29) is 5.88 Å². The van der Waals surface area contributed by atoms with Gasteiger partial charge in [0, 0.05) is 11.8 Å². The maximum atomic E-state index is 10.4. The fraction of sp³-hybridized carbons (Fsp3) is 0. The maximum Gasteiger partial charge on any atom is 0.208 e. The second kappa shape index (κ2) is 3.29. The Labute approximate surface area is 79.5 Å². The number of rotatable bonds is 2. The molecule has 2 rings (SSSR count). The number of aromatic nitrogens is 3. The van der Waals surface area contributed by atoms with Crippen molar-refractivity contribution in [2.24, 2.45) is 0 Å². The number of H-pyrrole nitrogens is 1. The van der Waals surface area contributed by atoms with Gasteiger partial charge in [-0.3, -0.25) is 9.78 Å². The Bertz CT molecular complexity index is 447. The molecular formula is C9H7N3O2. The van der Waals surface area contributed by atoms with Crippen LogP contribution < -0.4 is 0 Å². The SMILES string of the molecule is O=Cc1ccc(-c2ncc(O)[nH]2)nc1. The fourth-order valence-corrected chi connectivity index (χ4v) is 1.06. The highest BCUT2D eigenvalue weighted by Crippen LogP contribution is 2.15. The molecular weight excluding hydrogens is 182 g/mol. The summed E-state index contributed by atoms with van der Waals surface area (Å²) in [5.41, 5.74) is 1.08. The van der Waals surface area contributed by atoms with Crippen molar-refractivity contribution >= 4 is 6.29 Å². The predicted molar refractivity (Wildman–Crippen MR) is 48.9 cm³/mol. The van der Waals surface area contributed by atoms with Gasteiger partial charge in [0.15, 0.2) is 12.1 Å². The summed E-state index contributed by atoms with van der Waals surface area (Å²) in [5.74, 6) is 0.459. The van der Waals surface area contributed by atoms with E-state index < -0.39 is 0 Å². The number of aldehydes is 1. The third-order valence-corrected chi connectivity index (χ3v) is 1.73. The molecule has 2 N–H and O–H groups in total. The molecule has 2 aromatic heterocycles. The average Bonchev–Trinajstić information content (AvgIpc) is 2.65. The number of aromatic amines is 1. The summed E-state index contributed by atoms with van der Waals surface area (Å²) in [6.07, 6.45) is 3.46. The molecule has 2 aromatic rings. The number of aromatic hydroxyl groups is 1. The molecule has 0 fully saturated rings. The Morgan fingerprint density at radius 3 is 2.64 bits per heavy atom. The molecule has 0 aromatic carbocycles. The first kappa shape index (κ1) is 8.43. The van der Waals surface area contributed by atoms with Crippen LogP contribution in [-0.2, 0) is 0 Å². The minimum Gasteiger partial charge on any atom is -0.493 e. The van der Waals surface area contributed by atoms with Crippen LogP contribution in [0.4, 0.5) is 0 Å². The van der Waals surface area contributed by atoms with Crippen LogP contribution in [0.1, 0.15) is 10.4 Å². The number of nitrogens with zero attached hydrogens (tertiary/aromatic N) is 2. The Morgan fingerprint density at radius 1 is 1.29 bits per heavy atom. The number of imidazole rings is 1. The van der Waals surface area contributed by atoms with E-state index in [1.54, 1.807) is 12.1 Å². The van der Waals surface area contributed by atoms with Crippen LogP contribution in [0.15, 0.2) is 24.5 Å². The summed E-state index contributed by atoms with van der Waals surface area (Å²) in [6, 6.07) is 3.29. The number of hydrogen-bond donors (Lipinski definition) is 2. The van der Waals surface area contributed by atoms with Crippen molar-refractivity contribution in [2.45, 2.75) is 0 Å². The Hall–Kier alpha value is -2.17. The molecule has 14 heavy (non-hydrogen) atoms. The lowest BCUT2D eigenvalue weighted by Gasteiger charge is -1.94. The zero-order valence-corrected chi connectivity index (χ0v) is 7.14. The molecule has 70 valence electrons. The lowest BCUT2D eigenvalue weighted by Crippen LogP contribution is -1.87. The normalized spacial score (nSPS) is 10.0. The standard InChI is InChI=1S/C9H7N3O2/c13-5-6-1-2-7(10-3-6)9-11-4-8(14)12-9/h1-5,14H,(H,11,12). The summed E-state index contributed by atoms with van der Waals surface area (Å²) in [7, 11) is 0. The van der Waals surface area contributed by atoms with Crippen LogP contribution in [-0.4, -0.2) is 26.3 Å². The topological polar surface area (TPSA) is 78.9 Å². The van der Waals surface area contributed by atoms with E-state index in [1.165, 1.54) is 12.4 Å². The van der Waals surface area contributed by atoms with E-state index in [0.717, 1.165) is 6.29 Å². The van der Waals surface area contributed by atoms with Crippen LogP contribution in [0.2, 0.25) is 0 Å². The minimum atomic E-state index is -0.0127. The molecule has 0 saturated heterocycles. The third-order valence-electron chi connectivity index (χ3n) is 1.73. The number of carbonyl (C=O) groups is 1. The number of carbonyl (C=O) groups excluding carboxylic acids is 1. The smallest absolute Gasteiger partial charge is 0.208 e. The van der Waals surface area contributed by atoms with Gasteiger partial charge in [-0.2, -0.15) is 0 Å². The Morgan fingerprint density at radius 2 is 2.14 bits per heavy atom. The van der Waals surface area contributed by atoms with Crippen LogP contribution in [0.5, 0.6) is 5.88 Å². The van der Waals surface area contributed by atoms with Crippen LogP contribution in [0, 0.1) is 0 Å². The van der Waals surface area contributed by atoms with Gasteiger partial charge in [0.25, 0.3) is 0 Å². The summed E-state index contributed by atoms with van der Waals surface area (Å²) < 4.78 is 0. The van der Waals surface area contributed by atoms with Gasteiger partial charge < -0.3 is 10.1 Å². The van der Waals surface area contributed by atoms with Gasteiger partial charge in [0.05, 0.1) is 6.20 Å². The van der Waals surface area contributed by atoms with E-state index in [0.29, 0.717) is 17.1 Å². The molecule has 0 unspecified atom stereocenters. The van der Waals surface area contributed by atoms with Gasteiger partial charge in [0.1, 0.15) is 5.69 Å². The predicted octanol–water partition coefficient (Wildman–Crippen LogP) is 0.990. The Kier molecular flexibility index (Phi) is 1.98. The molecule has 0 saturated carbocycles. The van der Waals surface area contributed by atoms with Crippen molar-refractivity contribution in [2.75, 3.05) is 0 Å². The molecule has 0 atom stereocenters. The van der Waals surface area contributed by atoms with Crippen LogP contribution in [0.3, 0.4) is 0 Å². The van der Waals surface area contributed by atoms with Crippen molar-refractivity contribution in [3.05, 3.63) is 30.1 Å². The van der Waals surface area contributed by atoms with Gasteiger partial charge >= 0.3 is 0 Å². The molecule has 0 aliphatic carbocycles. The highest BCUT2D eigenvalue weighted by Gasteiger charge is 2.03. The van der Waals surface area contributed by atoms with E-state index in [4.69, 9.17) is 5.11 Å². The molecule has 0 spiro atoms. The number of hydrogen-bond acceptors (Lipinski definition) is 4. The van der Waals surface area contributed by atoms with Crippen molar-refractivity contribution in [3.8, 4) is 17.4 Å². The highest BCUT2D eigenvalue weighted by atomic mass is 16.3. The lowest BCUT2D eigenvalue weighted by atomic mass is 10.2. The van der Waals surface area contributed by atoms with Crippen LogP contribution >= 0.6 is 0 Å². The molecule has 5 heteroatoms. The summed E-state index contributed by atoms with van der Waals surface area (Å²) in [4.78, 5) is 20.9. The molecule has 0 amide bonds. The fourth-order valence-electron chi connectivity index (χ4n) is 1.06. The summed E-state index contributed by atoms with van der Waals surface area (Å²) in [6.45, 7) is 0. The van der Waals surface area contributed by atoms with Gasteiger partial charge in [0.2, 0.25) is 5.88 Å². The minimum absolute atomic E-state index is 0.0127. The molecule has 0 aliphatic rings. The molecule has 0 bridgehead atoms. The lowest BCUT2D eigenvalue weighted by molar-refractivity contribution is 0.112. The van der Waals surface area contributed by atoms with Gasteiger partial charge in [-0.1, -0.05) is 0 Å². The molecule has 5 nitrogen and oxygen atoms in total. The highest BCUT2D eigenvalue weighted by molar-refractivity contribution is 5.74. The third kappa shape index (κ3) is 1.47. The Balaban J connectivity index is 2.38. The largest absolute Gasteiger partial charge is 0.493 e. The monoisotopic (exact) mass is 189 g/mol. The zero-order chi connectivity index (χ0) is 9.97. The second-order valence-corrected chi connectivity index (χ2v) is 2.71. The first-order valence-corrected chi connectivity index (χ1v) is 3.95. The van der Waals surface area contributed by atoms with E-state index in [9.17, 15) is 4.79 Å². The average molecular weight is 189 g/mol. The number of pyridine rings is 1. The van der Waals surface area contributed by atoms with Crippen molar-refractivity contribution in [3.63, 3.8) is 0 Å². The summed E-state index contributed by atoms with van der Waals surface area (Å²) >= 11 is 0. The summed E-state index contributed by atoms with van der Waals surface area (Å²) in [5, 5.41) is 9.01. The quantitative estimate of drug-likeness (QED) is 0.690. The second-order valence-electron chi connectivity index (χ2n) is 2.71. The van der Waals surface area contributed by atoms with Crippen molar-refractivity contribution in [1.82, 2.24) is 15.0 Å².